The highest BCUT2D eigenvalue weighted by atomic mass is 16.4. The first-order valence-corrected chi connectivity index (χ1v) is 4.37. The highest BCUT2D eigenvalue weighted by molar-refractivity contribution is 5.71. The second-order valence-corrected chi connectivity index (χ2v) is 3.59. The van der Waals surface area contributed by atoms with Gasteiger partial charge in [0.05, 0.1) is 18.1 Å². The van der Waals surface area contributed by atoms with Crippen LogP contribution in [-0.4, -0.2) is 56.4 Å². The SMILES string of the molecule is O=C(O)C1C[C@H](CO)C(O)[C@H](O)[C@@H]1O. The van der Waals surface area contributed by atoms with E-state index in [1.54, 1.807) is 0 Å². The van der Waals surface area contributed by atoms with E-state index < -0.39 is 42.7 Å². The van der Waals surface area contributed by atoms with Crippen LogP contribution in [0.3, 0.4) is 0 Å². The molecule has 0 aliphatic heterocycles. The second-order valence-electron chi connectivity index (χ2n) is 3.59. The van der Waals surface area contributed by atoms with Crippen LogP contribution in [0, 0.1) is 11.8 Å². The molecule has 0 heterocycles. The minimum Gasteiger partial charge on any atom is -0.481 e. The van der Waals surface area contributed by atoms with Gasteiger partial charge in [0, 0.05) is 12.5 Å². The molecule has 0 aromatic carbocycles. The molecule has 2 unspecified atom stereocenters. The summed E-state index contributed by atoms with van der Waals surface area (Å²) in [6, 6.07) is 0. The van der Waals surface area contributed by atoms with Gasteiger partial charge in [-0.1, -0.05) is 0 Å². The summed E-state index contributed by atoms with van der Waals surface area (Å²) >= 11 is 0. The third kappa shape index (κ3) is 1.88. The first kappa shape index (κ1) is 11.4. The van der Waals surface area contributed by atoms with Gasteiger partial charge < -0.3 is 25.5 Å². The van der Waals surface area contributed by atoms with Crippen LogP contribution in [-0.2, 0) is 4.79 Å². The van der Waals surface area contributed by atoms with Crippen LogP contribution in [0.25, 0.3) is 0 Å². The van der Waals surface area contributed by atoms with E-state index in [1.807, 2.05) is 0 Å². The van der Waals surface area contributed by atoms with Crippen LogP contribution in [0.4, 0.5) is 0 Å². The van der Waals surface area contributed by atoms with Gasteiger partial charge in [0.2, 0.25) is 0 Å². The van der Waals surface area contributed by atoms with Gasteiger partial charge in [0.15, 0.2) is 0 Å². The fourth-order valence-corrected chi connectivity index (χ4v) is 1.75. The molecule has 1 fully saturated rings. The average molecular weight is 206 g/mol. The Hall–Kier alpha value is -0.690. The summed E-state index contributed by atoms with van der Waals surface area (Å²) < 4.78 is 0. The third-order valence-corrected chi connectivity index (χ3v) is 2.70. The Labute approximate surface area is 80.4 Å². The van der Waals surface area contributed by atoms with Crippen LogP contribution in [0.5, 0.6) is 0 Å². The number of aliphatic hydroxyl groups is 4. The standard InChI is InChI=1S/C8H14O6/c9-2-3-1-4(8(13)14)6(11)7(12)5(3)10/h3-7,9-12H,1-2H2,(H,13,14)/t3-,4?,5?,6-,7+/m1/s1. The van der Waals surface area contributed by atoms with Crippen molar-refractivity contribution in [3.05, 3.63) is 0 Å². The molecular weight excluding hydrogens is 192 g/mol. The monoisotopic (exact) mass is 206 g/mol. The molecule has 6 nitrogen and oxygen atoms in total. The van der Waals surface area contributed by atoms with Crippen molar-refractivity contribution in [1.82, 2.24) is 0 Å². The van der Waals surface area contributed by atoms with E-state index in [9.17, 15) is 20.1 Å². The second kappa shape index (κ2) is 4.22. The average Bonchev–Trinajstić information content (AvgIpc) is 2.14. The summed E-state index contributed by atoms with van der Waals surface area (Å²) in [5.41, 5.74) is 0. The molecule has 0 spiro atoms. The van der Waals surface area contributed by atoms with Gasteiger partial charge in [-0.05, 0) is 6.42 Å². The van der Waals surface area contributed by atoms with E-state index in [0.717, 1.165) is 0 Å². The molecular formula is C8H14O6. The molecule has 1 aliphatic rings. The van der Waals surface area contributed by atoms with Crippen molar-refractivity contribution in [3.8, 4) is 0 Å². The zero-order chi connectivity index (χ0) is 10.9. The summed E-state index contributed by atoms with van der Waals surface area (Å²) in [5.74, 6) is -3.07. The van der Waals surface area contributed by atoms with E-state index in [2.05, 4.69) is 0 Å². The molecule has 6 heteroatoms. The fourth-order valence-electron chi connectivity index (χ4n) is 1.75. The predicted octanol–water partition coefficient (Wildman–Crippen LogP) is -2.22. The van der Waals surface area contributed by atoms with Gasteiger partial charge >= 0.3 is 5.97 Å². The zero-order valence-corrected chi connectivity index (χ0v) is 7.45. The summed E-state index contributed by atoms with van der Waals surface area (Å²) in [7, 11) is 0. The van der Waals surface area contributed by atoms with Crippen molar-refractivity contribution in [3.63, 3.8) is 0 Å². The van der Waals surface area contributed by atoms with E-state index in [0.29, 0.717) is 0 Å². The Kier molecular flexibility index (Phi) is 3.43. The number of hydrogen-bond donors (Lipinski definition) is 5. The molecule has 0 aromatic rings. The fraction of sp³-hybridized carbons (Fsp3) is 0.875. The van der Waals surface area contributed by atoms with Gasteiger partial charge in [0.1, 0.15) is 6.10 Å². The molecule has 0 saturated heterocycles. The largest absolute Gasteiger partial charge is 0.481 e. The number of rotatable bonds is 2. The maximum Gasteiger partial charge on any atom is 0.309 e. The Balaban J connectivity index is 2.78. The zero-order valence-electron chi connectivity index (χ0n) is 7.45. The van der Waals surface area contributed by atoms with Gasteiger partial charge in [0.25, 0.3) is 0 Å². The molecule has 1 saturated carbocycles. The van der Waals surface area contributed by atoms with Gasteiger partial charge in [-0.3, -0.25) is 4.79 Å². The molecule has 1 rings (SSSR count). The van der Waals surface area contributed by atoms with Crippen LogP contribution in [0.1, 0.15) is 6.42 Å². The lowest BCUT2D eigenvalue weighted by Gasteiger charge is -2.37. The number of aliphatic hydroxyl groups excluding tert-OH is 4. The van der Waals surface area contributed by atoms with Crippen molar-refractivity contribution < 1.29 is 30.3 Å². The molecule has 5 atom stereocenters. The first-order valence-electron chi connectivity index (χ1n) is 4.37. The van der Waals surface area contributed by atoms with Crippen molar-refractivity contribution in [2.24, 2.45) is 11.8 Å². The summed E-state index contributed by atoms with van der Waals surface area (Å²) in [5, 5.41) is 45.5. The first-order chi connectivity index (χ1) is 6.49. The van der Waals surface area contributed by atoms with E-state index in [1.165, 1.54) is 0 Å². The third-order valence-electron chi connectivity index (χ3n) is 2.70. The maximum atomic E-state index is 10.6. The topological polar surface area (TPSA) is 118 Å². The Morgan fingerprint density at radius 1 is 1.14 bits per heavy atom. The van der Waals surface area contributed by atoms with Gasteiger partial charge in [-0.25, -0.2) is 0 Å². The number of carbonyl (C=O) groups is 1. The molecule has 0 radical (unpaired) electrons. The molecule has 82 valence electrons. The lowest BCUT2D eigenvalue weighted by Crippen LogP contribution is -2.53. The summed E-state index contributed by atoms with van der Waals surface area (Å²) in [6.45, 7) is -0.408. The van der Waals surface area contributed by atoms with Gasteiger partial charge in [-0.15, -0.1) is 0 Å². The van der Waals surface area contributed by atoms with Gasteiger partial charge in [-0.2, -0.15) is 0 Å². The lowest BCUT2D eigenvalue weighted by atomic mass is 9.76. The van der Waals surface area contributed by atoms with E-state index >= 15 is 0 Å². The summed E-state index contributed by atoms with van der Waals surface area (Å²) in [4.78, 5) is 10.6. The molecule has 0 aromatic heterocycles. The quantitative estimate of drug-likeness (QED) is 0.349. The van der Waals surface area contributed by atoms with Crippen LogP contribution < -0.4 is 0 Å². The smallest absolute Gasteiger partial charge is 0.309 e. The van der Waals surface area contributed by atoms with Crippen molar-refractivity contribution in [2.75, 3.05) is 6.61 Å². The number of aliphatic carboxylic acids is 1. The van der Waals surface area contributed by atoms with Crippen molar-refractivity contribution in [1.29, 1.82) is 0 Å². The Morgan fingerprint density at radius 3 is 2.14 bits per heavy atom. The van der Waals surface area contributed by atoms with Crippen LogP contribution >= 0.6 is 0 Å². The van der Waals surface area contributed by atoms with Crippen molar-refractivity contribution >= 4 is 5.97 Å². The number of carboxylic acids is 1. The van der Waals surface area contributed by atoms with Crippen LogP contribution in [0.15, 0.2) is 0 Å². The minimum atomic E-state index is -1.51. The minimum absolute atomic E-state index is 0.0365. The molecule has 5 N–H and O–H groups in total. The van der Waals surface area contributed by atoms with E-state index in [-0.39, 0.29) is 6.42 Å². The van der Waals surface area contributed by atoms with Crippen LogP contribution in [0.2, 0.25) is 0 Å². The molecule has 0 bridgehead atoms. The highest BCUT2D eigenvalue weighted by Crippen LogP contribution is 2.30. The predicted molar refractivity (Wildman–Crippen MR) is 44.3 cm³/mol. The normalized spacial score (nSPS) is 43.6. The molecule has 1 aliphatic carbocycles. The summed E-state index contributed by atoms with van der Waals surface area (Å²) in [6.07, 6.45) is -4.30. The number of carboxylic acid groups (broad SMARTS) is 1. The lowest BCUT2D eigenvalue weighted by molar-refractivity contribution is -0.170. The Morgan fingerprint density at radius 2 is 1.71 bits per heavy atom. The highest BCUT2D eigenvalue weighted by Gasteiger charge is 2.45. The maximum absolute atomic E-state index is 10.6. The molecule has 14 heavy (non-hydrogen) atoms. The van der Waals surface area contributed by atoms with Crippen molar-refractivity contribution in [2.45, 2.75) is 24.7 Å². The Bertz CT molecular complexity index is 216. The van der Waals surface area contributed by atoms with E-state index in [4.69, 9.17) is 10.2 Å². The number of hydrogen-bond acceptors (Lipinski definition) is 5. The molecule has 0 amide bonds.